The van der Waals surface area contributed by atoms with Crippen molar-refractivity contribution in [3.63, 3.8) is 0 Å². The number of hydrogen-bond donors (Lipinski definition) is 1. The van der Waals surface area contributed by atoms with Crippen molar-refractivity contribution in [3.05, 3.63) is 93.0 Å². The lowest BCUT2D eigenvalue weighted by molar-refractivity contribution is 0.0499. The van der Waals surface area contributed by atoms with Gasteiger partial charge in [-0.1, -0.05) is 48.2 Å². The van der Waals surface area contributed by atoms with Crippen LogP contribution in [-0.2, 0) is 4.74 Å². The number of anilines is 1. The molecule has 7 heteroatoms. The SMILES string of the molecule is CCCCOC(=O)c1ccc(NC(=O)c2cc(-c3ccc(Cl)cc3Cl)nc3c(C)cc(C)cc23)cc1. The number of carbonyl (C=O) groups excluding carboxylic acids is 2. The molecule has 4 aromatic rings. The Bertz CT molecular complexity index is 1450. The Kier molecular flexibility index (Phi) is 7.92. The number of nitrogens with zero attached hydrogens (tertiary/aromatic N) is 1. The van der Waals surface area contributed by atoms with E-state index in [-0.39, 0.29) is 11.9 Å². The Hall–Kier alpha value is -3.41. The topological polar surface area (TPSA) is 68.3 Å². The second kappa shape index (κ2) is 11.1. The molecule has 0 spiro atoms. The quantitative estimate of drug-likeness (QED) is 0.197. The number of rotatable bonds is 7. The number of benzene rings is 3. The van der Waals surface area contributed by atoms with E-state index in [9.17, 15) is 9.59 Å². The van der Waals surface area contributed by atoms with Crippen LogP contribution in [0.1, 0.15) is 51.6 Å². The number of unbranched alkanes of at least 4 members (excludes halogenated alkanes) is 1. The molecule has 0 atom stereocenters. The average molecular weight is 521 g/mol. The fraction of sp³-hybridized carbons (Fsp3) is 0.207. The summed E-state index contributed by atoms with van der Waals surface area (Å²) in [6.45, 7) is 6.38. The van der Waals surface area contributed by atoms with Crippen molar-refractivity contribution in [3.8, 4) is 11.3 Å². The van der Waals surface area contributed by atoms with E-state index in [1.54, 1.807) is 48.5 Å². The van der Waals surface area contributed by atoms with E-state index in [0.717, 1.165) is 34.9 Å². The average Bonchev–Trinajstić information content (AvgIpc) is 2.84. The molecule has 184 valence electrons. The summed E-state index contributed by atoms with van der Waals surface area (Å²) in [4.78, 5) is 30.5. The summed E-state index contributed by atoms with van der Waals surface area (Å²) < 4.78 is 5.25. The molecular formula is C29H26Cl2N2O3. The molecular weight excluding hydrogens is 495 g/mol. The molecule has 1 aromatic heterocycles. The summed E-state index contributed by atoms with van der Waals surface area (Å²) in [5.41, 5.74) is 5.43. The van der Waals surface area contributed by atoms with Gasteiger partial charge in [-0.15, -0.1) is 0 Å². The number of pyridine rings is 1. The van der Waals surface area contributed by atoms with Gasteiger partial charge in [-0.3, -0.25) is 4.79 Å². The van der Waals surface area contributed by atoms with E-state index in [4.69, 9.17) is 32.9 Å². The van der Waals surface area contributed by atoms with E-state index in [1.165, 1.54) is 0 Å². The molecule has 0 fully saturated rings. The smallest absolute Gasteiger partial charge is 0.338 e. The number of amides is 1. The largest absolute Gasteiger partial charge is 0.462 e. The lowest BCUT2D eigenvalue weighted by atomic mass is 9.99. The second-order valence-electron chi connectivity index (χ2n) is 8.68. The van der Waals surface area contributed by atoms with Crippen LogP contribution in [0.25, 0.3) is 22.2 Å². The number of esters is 1. The lowest BCUT2D eigenvalue weighted by Gasteiger charge is -2.14. The summed E-state index contributed by atoms with van der Waals surface area (Å²) >= 11 is 12.5. The number of nitrogens with one attached hydrogen (secondary N) is 1. The van der Waals surface area contributed by atoms with Crippen LogP contribution in [0.2, 0.25) is 10.0 Å². The Morgan fingerprint density at radius 2 is 1.72 bits per heavy atom. The monoisotopic (exact) mass is 520 g/mol. The van der Waals surface area contributed by atoms with Gasteiger partial charge in [-0.05, 0) is 80.4 Å². The van der Waals surface area contributed by atoms with Crippen LogP contribution in [0.4, 0.5) is 5.69 Å². The maximum absolute atomic E-state index is 13.5. The van der Waals surface area contributed by atoms with Gasteiger partial charge in [0, 0.05) is 21.7 Å². The number of hydrogen-bond acceptors (Lipinski definition) is 4. The van der Waals surface area contributed by atoms with E-state index >= 15 is 0 Å². The van der Waals surface area contributed by atoms with Gasteiger partial charge in [0.05, 0.1) is 34.0 Å². The molecule has 1 amide bonds. The van der Waals surface area contributed by atoms with Crippen LogP contribution < -0.4 is 5.32 Å². The van der Waals surface area contributed by atoms with Gasteiger partial charge in [-0.25, -0.2) is 9.78 Å². The molecule has 0 aliphatic rings. The van der Waals surface area contributed by atoms with Crippen LogP contribution in [0.3, 0.4) is 0 Å². The van der Waals surface area contributed by atoms with Gasteiger partial charge in [0.15, 0.2) is 0 Å². The maximum atomic E-state index is 13.5. The summed E-state index contributed by atoms with van der Waals surface area (Å²) in [6.07, 6.45) is 1.77. The third-order valence-electron chi connectivity index (χ3n) is 5.81. The van der Waals surface area contributed by atoms with Crippen LogP contribution >= 0.6 is 23.2 Å². The molecule has 3 aromatic carbocycles. The molecule has 0 bridgehead atoms. The van der Waals surface area contributed by atoms with Crippen molar-refractivity contribution in [2.24, 2.45) is 0 Å². The van der Waals surface area contributed by atoms with Crippen LogP contribution in [0.15, 0.2) is 60.7 Å². The number of fused-ring (bicyclic) bond motifs is 1. The summed E-state index contributed by atoms with van der Waals surface area (Å²) in [6, 6.07) is 17.6. The van der Waals surface area contributed by atoms with Crippen molar-refractivity contribution in [2.75, 3.05) is 11.9 Å². The molecule has 0 aliphatic carbocycles. The molecule has 36 heavy (non-hydrogen) atoms. The standard InChI is InChI=1S/C29H26Cl2N2O3/c1-4-5-12-36-29(35)19-6-9-21(10-7-19)32-28(34)24-16-26(22-11-8-20(30)15-25(22)31)33-27-18(3)13-17(2)14-23(24)27/h6-11,13-16H,4-5,12H2,1-3H3,(H,32,34). The fourth-order valence-electron chi connectivity index (χ4n) is 3.98. The predicted octanol–water partition coefficient (Wildman–Crippen LogP) is 8.03. The van der Waals surface area contributed by atoms with Gasteiger partial charge < -0.3 is 10.1 Å². The number of carbonyl (C=O) groups is 2. The summed E-state index contributed by atoms with van der Waals surface area (Å²) in [5, 5.41) is 4.65. The zero-order valence-corrected chi connectivity index (χ0v) is 21.8. The van der Waals surface area contributed by atoms with Gasteiger partial charge in [0.1, 0.15) is 0 Å². The first-order valence-corrected chi connectivity index (χ1v) is 12.5. The van der Waals surface area contributed by atoms with Gasteiger partial charge >= 0.3 is 5.97 Å². The second-order valence-corrected chi connectivity index (χ2v) is 9.52. The normalized spacial score (nSPS) is 10.9. The molecule has 0 saturated carbocycles. The Morgan fingerprint density at radius 3 is 2.42 bits per heavy atom. The molecule has 1 heterocycles. The molecule has 0 radical (unpaired) electrons. The van der Waals surface area contributed by atoms with Crippen LogP contribution in [-0.4, -0.2) is 23.5 Å². The highest BCUT2D eigenvalue weighted by molar-refractivity contribution is 6.36. The molecule has 5 nitrogen and oxygen atoms in total. The molecule has 0 aliphatic heterocycles. The minimum Gasteiger partial charge on any atom is -0.462 e. The van der Waals surface area contributed by atoms with Gasteiger partial charge in [0.2, 0.25) is 0 Å². The van der Waals surface area contributed by atoms with E-state index < -0.39 is 0 Å². The van der Waals surface area contributed by atoms with Gasteiger partial charge in [0.25, 0.3) is 5.91 Å². The van der Waals surface area contributed by atoms with Crippen molar-refractivity contribution in [1.29, 1.82) is 0 Å². The van der Waals surface area contributed by atoms with Crippen molar-refractivity contribution >= 4 is 51.7 Å². The molecule has 0 unspecified atom stereocenters. The number of aryl methyl sites for hydroxylation is 2. The van der Waals surface area contributed by atoms with Crippen molar-refractivity contribution < 1.29 is 14.3 Å². The van der Waals surface area contributed by atoms with Crippen molar-refractivity contribution in [1.82, 2.24) is 4.98 Å². The Labute approximate surface area is 220 Å². The molecule has 0 saturated heterocycles. The first kappa shape index (κ1) is 25.7. The number of aromatic nitrogens is 1. The highest BCUT2D eigenvalue weighted by Crippen LogP contribution is 2.33. The van der Waals surface area contributed by atoms with Crippen LogP contribution in [0.5, 0.6) is 0 Å². The predicted molar refractivity (Wildman–Crippen MR) is 146 cm³/mol. The summed E-state index contributed by atoms with van der Waals surface area (Å²) in [7, 11) is 0. The minimum atomic E-state index is -0.378. The Balaban J connectivity index is 1.69. The van der Waals surface area contributed by atoms with E-state index in [0.29, 0.717) is 44.7 Å². The molecule has 4 rings (SSSR count). The maximum Gasteiger partial charge on any atom is 0.338 e. The Morgan fingerprint density at radius 1 is 0.972 bits per heavy atom. The first-order valence-electron chi connectivity index (χ1n) is 11.7. The number of halogens is 2. The third kappa shape index (κ3) is 5.69. The number of ether oxygens (including phenoxy) is 1. The van der Waals surface area contributed by atoms with Crippen LogP contribution in [0, 0.1) is 13.8 Å². The van der Waals surface area contributed by atoms with E-state index in [2.05, 4.69) is 5.32 Å². The lowest BCUT2D eigenvalue weighted by Crippen LogP contribution is -2.14. The molecule has 1 N–H and O–H groups in total. The highest BCUT2D eigenvalue weighted by atomic mass is 35.5. The van der Waals surface area contributed by atoms with E-state index in [1.807, 2.05) is 32.9 Å². The zero-order chi connectivity index (χ0) is 25.8. The first-order chi connectivity index (χ1) is 17.3. The third-order valence-corrected chi connectivity index (χ3v) is 6.36. The highest BCUT2D eigenvalue weighted by Gasteiger charge is 2.18. The zero-order valence-electron chi connectivity index (χ0n) is 20.3. The van der Waals surface area contributed by atoms with Crippen molar-refractivity contribution in [2.45, 2.75) is 33.6 Å². The summed E-state index contributed by atoms with van der Waals surface area (Å²) in [5.74, 6) is -0.672. The fourth-order valence-corrected chi connectivity index (χ4v) is 4.49. The van der Waals surface area contributed by atoms with Gasteiger partial charge in [-0.2, -0.15) is 0 Å². The minimum absolute atomic E-state index is 0.294.